The Hall–Kier alpha value is -2.32. The normalized spacial score (nSPS) is 17.8. The van der Waals surface area contributed by atoms with Crippen LogP contribution in [0, 0.1) is 11.3 Å². The number of amides is 1. The molecule has 0 spiro atoms. The lowest BCUT2D eigenvalue weighted by atomic mass is 10.0. The number of nitriles is 1. The number of ether oxygens (including phenoxy) is 1. The lowest BCUT2D eigenvalue weighted by Gasteiger charge is -2.13. The molecular weight excluding hydrogens is 290 g/mol. The third-order valence-electron chi connectivity index (χ3n) is 3.81. The van der Waals surface area contributed by atoms with Gasteiger partial charge in [0.1, 0.15) is 11.6 Å². The van der Waals surface area contributed by atoms with Crippen LogP contribution in [-0.2, 0) is 9.53 Å². The van der Waals surface area contributed by atoms with Crippen LogP contribution in [0.5, 0.6) is 0 Å². The zero-order valence-electron chi connectivity index (χ0n) is 13.6. The Labute approximate surface area is 137 Å². The molecule has 0 saturated carbocycles. The van der Waals surface area contributed by atoms with Crippen LogP contribution in [0.3, 0.4) is 0 Å². The van der Waals surface area contributed by atoms with Crippen molar-refractivity contribution in [3.8, 4) is 6.07 Å². The largest absolute Gasteiger partial charge is 0.387 e. The molecule has 5 heteroatoms. The van der Waals surface area contributed by atoms with Crippen molar-refractivity contribution in [2.24, 2.45) is 0 Å². The fraction of sp³-hybridized carbons (Fsp3) is 0.444. The Morgan fingerprint density at radius 2 is 2.26 bits per heavy atom. The SMILES string of the molecule is CC(C)c1ccccc1NC(=O)/C(C#N)=C\NCC1CCCO1. The molecule has 5 nitrogen and oxygen atoms in total. The molecule has 2 rings (SSSR count). The summed E-state index contributed by atoms with van der Waals surface area (Å²) in [6, 6.07) is 9.58. The molecule has 1 saturated heterocycles. The minimum Gasteiger partial charge on any atom is -0.387 e. The summed E-state index contributed by atoms with van der Waals surface area (Å²) >= 11 is 0. The first kappa shape index (κ1) is 17.0. The van der Waals surface area contributed by atoms with Crippen molar-refractivity contribution in [2.45, 2.75) is 38.7 Å². The van der Waals surface area contributed by atoms with Crippen LogP contribution in [0.15, 0.2) is 36.0 Å². The zero-order chi connectivity index (χ0) is 16.7. The molecule has 1 heterocycles. The number of nitrogens with one attached hydrogen (secondary N) is 2. The second-order valence-electron chi connectivity index (χ2n) is 5.91. The predicted molar refractivity (Wildman–Crippen MR) is 89.8 cm³/mol. The average molecular weight is 313 g/mol. The zero-order valence-corrected chi connectivity index (χ0v) is 13.6. The van der Waals surface area contributed by atoms with Crippen LogP contribution in [0.1, 0.15) is 38.2 Å². The van der Waals surface area contributed by atoms with Crippen molar-refractivity contribution >= 4 is 11.6 Å². The van der Waals surface area contributed by atoms with E-state index >= 15 is 0 Å². The van der Waals surface area contributed by atoms with E-state index in [1.807, 2.05) is 30.3 Å². The van der Waals surface area contributed by atoms with Crippen LogP contribution < -0.4 is 10.6 Å². The fourth-order valence-electron chi connectivity index (χ4n) is 2.55. The summed E-state index contributed by atoms with van der Waals surface area (Å²) < 4.78 is 5.49. The lowest BCUT2D eigenvalue weighted by Crippen LogP contribution is -2.24. The number of carbonyl (C=O) groups excluding carboxylic acids is 1. The van der Waals surface area contributed by atoms with Crippen molar-refractivity contribution in [3.05, 3.63) is 41.6 Å². The highest BCUT2D eigenvalue weighted by Crippen LogP contribution is 2.24. The number of anilines is 1. The van der Waals surface area contributed by atoms with Crippen molar-refractivity contribution < 1.29 is 9.53 Å². The molecular formula is C18H23N3O2. The van der Waals surface area contributed by atoms with E-state index in [-0.39, 0.29) is 11.7 Å². The number of para-hydroxylation sites is 1. The molecule has 23 heavy (non-hydrogen) atoms. The topological polar surface area (TPSA) is 74.2 Å². The third kappa shape index (κ3) is 4.83. The molecule has 1 fully saturated rings. The van der Waals surface area contributed by atoms with Crippen LogP contribution in [0.4, 0.5) is 5.69 Å². The molecule has 1 atom stereocenters. The molecule has 2 N–H and O–H groups in total. The number of rotatable bonds is 6. The van der Waals surface area contributed by atoms with E-state index in [0.29, 0.717) is 12.5 Å². The molecule has 1 aromatic carbocycles. The quantitative estimate of drug-likeness (QED) is 0.625. The fourth-order valence-corrected chi connectivity index (χ4v) is 2.55. The van der Waals surface area contributed by atoms with Gasteiger partial charge in [-0.25, -0.2) is 0 Å². The van der Waals surface area contributed by atoms with Gasteiger partial charge in [0.2, 0.25) is 0 Å². The molecule has 1 aromatic rings. The summed E-state index contributed by atoms with van der Waals surface area (Å²) in [5.41, 5.74) is 1.85. The Morgan fingerprint density at radius 1 is 1.48 bits per heavy atom. The highest BCUT2D eigenvalue weighted by molar-refractivity contribution is 6.06. The standard InChI is InChI=1S/C18H23N3O2/c1-13(2)16-7-3-4-8-17(16)21-18(22)14(10-19)11-20-12-15-6-5-9-23-15/h3-4,7-8,11,13,15,20H,5-6,9,12H2,1-2H3,(H,21,22)/b14-11-. The highest BCUT2D eigenvalue weighted by Gasteiger charge is 2.16. The number of benzene rings is 1. The Bertz CT molecular complexity index is 611. The summed E-state index contributed by atoms with van der Waals surface area (Å²) in [5.74, 6) is -0.112. The number of hydrogen-bond donors (Lipinski definition) is 2. The van der Waals surface area contributed by atoms with E-state index in [1.54, 1.807) is 0 Å². The van der Waals surface area contributed by atoms with Crippen LogP contribution in [-0.4, -0.2) is 25.2 Å². The van der Waals surface area contributed by atoms with Gasteiger partial charge >= 0.3 is 0 Å². The van der Waals surface area contributed by atoms with Gasteiger partial charge in [-0.05, 0) is 30.4 Å². The van der Waals surface area contributed by atoms with Gasteiger partial charge in [0.05, 0.1) is 6.10 Å². The maximum atomic E-state index is 12.3. The Balaban J connectivity index is 1.98. The predicted octanol–water partition coefficient (Wildman–Crippen LogP) is 2.92. The Kier molecular flexibility index (Phi) is 6.19. The van der Waals surface area contributed by atoms with Crippen LogP contribution in [0.25, 0.3) is 0 Å². The second-order valence-corrected chi connectivity index (χ2v) is 5.91. The van der Waals surface area contributed by atoms with Gasteiger partial charge in [-0.3, -0.25) is 4.79 Å². The van der Waals surface area contributed by atoms with E-state index in [2.05, 4.69) is 24.5 Å². The molecule has 1 amide bonds. The first-order valence-electron chi connectivity index (χ1n) is 7.97. The molecule has 1 unspecified atom stereocenters. The van der Waals surface area contributed by atoms with Gasteiger partial charge < -0.3 is 15.4 Å². The van der Waals surface area contributed by atoms with Gasteiger partial charge in [-0.1, -0.05) is 32.0 Å². The van der Waals surface area contributed by atoms with E-state index in [0.717, 1.165) is 30.7 Å². The number of carbonyl (C=O) groups is 1. The summed E-state index contributed by atoms with van der Waals surface area (Å²) in [7, 11) is 0. The lowest BCUT2D eigenvalue weighted by molar-refractivity contribution is -0.112. The van der Waals surface area contributed by atoms with E-state index in [9.17, 15) is 10.1 Å². The van der Waals surface area contributed by atoms with Gasteiger partial charge in [0, 0.05) is 25.0 Å². The van der Waals surface area contributed by atoms with E-state index in [4.69, 9.17) is 4.74 Å². The summed E-state index contributed by atoms with van der Waals surface area (Å²) in [4.78, 5) is 12.3. The van der Waals surface area contributed by atoms with Crippen molar-refractivity contribution in [3.63, 3.8) is 0 Å². The monoisotopic (exact) mass is 313 g/mol. The molecule has 122 valence electrons. The third-order valence-corrected chi connectivity index (χ3v) is 3.81. The first-order chi connectivity index (χ1) is 11.1. The molecule has 1 aliphatic heterocycles. The van der Waals surface area contributed by atoms with Crippen molar-refractivity contribution in [1.82, 2.24) is 5.32 Å². The smallest absolute Gasteiger partial charge is 0.267 e. The molecule has 0 radical (unpaired) electrons. The van der Waals surface area contributed by atoms with E-state index < -0.39 is 5.91 Å². The van der Waals surface area contributed by atoms with Gasteiger partial charge in [0.25, 0.3) is 5.91 Å². The first-order valence-corrected chi connectivity index (χ1v) is 7.97. The second kappa shape index (κ2) is 8.35. The van der Waals surface area contributed by atoms with Gasteiger partial charge in [-0.2, -0.15) is 5.26 Å². The minimum atomic E-state index is -0.402. The van der Waals surface area contributed by atoms with Crippen molar-refractivity contribution in [2.75, 3.05) is 18.5 Å². The van der Waals surface area contributed by atoms with E-state index in [1.165, 1.54) is 6.20 Å². The summed E-state index contributed by atoms with van der Waals surface area (Å²) in [5, 5.41) is 15.0. The van der Waals surface area contributed by atoms with Crippen molar-refractivity contribution in [1.29, 1.82) is 5.26 Å². The summed E-state index contributed by atoms with van der Waals surface area (Å²) in [6.45, 7) is 5.53. The highest BCUT2D eigenvalue weighted by atomic mass is 16.5. The number of hydrogen-bond acceptors (Lipinski definition) is 4. The summed E-state index contributed by atoms with van der Waals surface area (Å²) in [6.07, 6.45) is 3.70. The molecule has 0 aromatic heterocycles. The minimum absolute atomic E-state index is 0.0570. The average Bonchev–Trinajstić information content (AvgIpc) is 3.05. The van der Waals surface area contributed by atoms with Crippen LogP contribution in [0.2, 0.25) is 0 Å². The maximum absolute atomic E-state index is 12.3. The molecule has 0 aliphatic carbocycles. The molecule has 0 bridgehead atoms. The Morgan fingerprint density at radius 3 is 2.91 bits per heavy atom. The van der Waals surface area contributed by atoms with Gasteiger partial charge in [0.15, 0.2) is 0 Å². The maximum Gasteiger partial charge on any atom is 0.267 e. The van der Waals surface area contributed by atoms with Crippen LogP contribution >= 0.6 is 0 Å². The molecule has 1 aliphatic rings. The number of nitrogens with zero attached hydrogens (tertiary/aromatic N) is 1. The van der Waals surface area contributed by atoms with Gasteiger partial charge in [-0.15, -0.1) is 0 Å².